The normalized spacial score (nSPS) is 23.8. The van der Waals surface area contributed by atoms with Gasteiger partial charge in [-0.25, -0.2) is 0 Å². The van der Waals surface area contributed by atoms with Crippen molar-refractivity contribution in [1.29, 1.82) is 0 Å². The van der Waals surface area contributed by atoms with E-state index in [0.717, 1.165) is 43.5 Å². The Morgan fingerprint density at radius 3 is 2.52 bits per heavy atom. The van der Waals surface area contributed by atoms with Crippen molar-refractivity contribution in [1.82, 2.24) is 15.5 Å². The van der Waals surface area contributed by atoms with Crippen molar-refractivity contribution in [2.24, 2.45) is 16.8 Å². The standard InChI is InChI=1S/C17H34N4/c1-4-14(5-2)11-19-17(18-6-3)20-12-15-9-10-21(13-15)16-7-8-16/h14-16H,4-13H2,1-3H3,(H2,18,19,20). The quantitative estimate of drug-likeness (QED) is 0.533. The van der Waals surface area contributed by atoms with Gasteiger partial charge in [-0.15, -0.1) is 0 Å². The van der Waals surface area contributed by atoms with Gasteiger partial charge in [-0.3, -0.25) is 4.99 Å². The molecule has 1 atom stereocenters. The third-order valence-electron chi connectivity index (χ3n) is 4.95. The lowest BCUT2D eigenvalue weighted by atomic mass is 10.0. The Hall–Kier alpha value is -0.770. The highest BCUT2D eigenvalue weighted by atomic mass is 15.2. The molecule has 2 rings (SSSR count). The molecular formula is C17H34N4. The van der Waals surface area contributed by atoms with E-state index in [4.69, 9.17) is 4.99 Å². The SMILES string of the molecule is CCNC(=NCC(CC)CC)NCC1CCN(C2CC2)C1. The first kappa shape index (κ1) is 16.6. The van der Waals surface area contributed by atoms with E-state index in [1.165, 1.54) is 45.2 Å². The summed E-state index contributed by atoms with van der Waals surface area (Å²) in [5.74, 6) is 2.52. The monoisotopic (exact) mass is 294 g/mol. The average Bonchev–Trinajstić information content (AvgIpc) is 3.24. The summed E-state index contributed by atoms with van der Waals surface area (Å²) in [5, 5.41) is 6.94. The van der Waals surface area contributed by atoms with E-state index < -0.39 is 0 Å². The summed E-state index contributed by atoms with van der Waals surface area (Å²) in [6, 6.07) is 0.923. The predicted octanol–water partition coefficient (Wildman–Crippen LogP) is 2.46. The van der Waals surface area contributed by atoms with Crippen molar-refractivity contribution >= 4 is 5.96 Å². The topological polar surface area (TPSA) is 39.7 Å². The van der Waals surface area contributed by atoms with Crippen LogP contribution in [0.4, 0.5) is 0 Å². The Labute approximate surface area is 130 Å². The number of hydrogen-bond donors (Lipinski definition) is 2. The fourth-order valence-electron chi connectivity index (χ4n) is 3.15. The maximum Gasteiger partial charge on any atom is 0.191 e. The highest BCUT2D eigenvalue weighted by molar-refractivity contribution is 5.79. The van der Waals surface area contributed by atoms with Crippen LogP contribution >= 0.6 is 0 Å². The van der Waals surface area contributed by atoms with Crippen LogP contribution in [0.2, 0.25) is 0 Å². The van der Waals surface area contributed by atoms with E-state index in [2.05, 4.69) is 36.3 Å². The zero-order chi connectivity index (χ0) is 15.1. The lowest BCUT2D eigenvalue weighted by molar-refractivity contribution is 0.314. The molecule has 122 valence electrons. The molecule has 2 aliphatic rings. The lowest BCUT2D eigenvalue weighted by Crippen LogP contribution is -2.40. The van der Waals surface area contributed by atoms with Crippen molar-refractivity contribution in [3.05, 3.63) is 0 Å². The molecule has 0 aromatic rings. The number of hydrogen-bond acceptors (Lipinski definition) is 2. The van der Waals surface area contributed by atoms with Crippen LogP contribution in [0, 0.1) is 11.8 Å². The van der Waals surface area contributed by atoms with Crippen LogP contribution in [0.15, 0.2) is 4.99 Å². The van der Waals surface area contributed by atoms with Gasteiger partial charge in [-0.1, -0.05) is 26.7 Å². The Morgan fingerprint density at radius 1 is 1.14 bits per heavy atom. The molecular weight excluding hydrogens is 260 g/mol. The lowest BCUT2D eigenvalue weighted by Gasteiger charge is -2.17. The number of guanidine groups is 1. The molecule has 0 aromatic carbocycles. The molecule has 0 bridgehead atoms. The molecule has 1 saturated heterocycles. The van der Waals surface area contributed by atoms with Gasteiger partial charge < -0.3 is 15.5 Å². The van der Waals surface area contributed by atoms with Crippen LogP contribution in [0.5, 0.6) is 0 Å². The fraction of sp³-hybridized carbons (Fsp3) is 0.941. The molecule has 2 fully saturated rings. The molecule has 4 heteroatoms. The van der Waals surface area contributed by atoms with Crippen molar-refractivity contribution in [2.45, 2.75) is 58.9 Å². The second-order valence-electron chi connectivity index (χ2n) is 6.66. The van der Waals surface area contributed by atoms with Gasteiger partial charge in [0.15, 0.2) is 5.96 Å². The molecule has 21 heavy (non-hydrogen) atoms. The second-order valence-corrected chi connectivity index (χ2v) is 6.66. The van der Waals surface area contributed by atoms with Crippen LogP contribution in [-0.4, -0.2) is 49.6 Å². The molecule has 0 aromatic heterocycles. The van der Waals surface area contributed by atoms with Crippen LogP contribution in [0.1, 0.15) is 52.9 Å². The van der Waals surface area contributed by atoms with Crippen molar-refractivity contribution < 1.29 is 0 Å². The number of aliphatic imine (C=N–C) groups is 1. The largest absolute Gasteiger partial charge is 0.357 e. The minimum atomic E-state index is 0.720. The molecule has 1 aliphatic carbocycles. The molecule has 0 radical (unpaired) electrons. The maximum atomic E-state index is 4.76. The fourth-order valence-corrected chi connectivity index (χ4v) is 3.15. The maximum absolute atomic E-state index is 4.76. The second kappa shape index (κ2) is 8.62. The number of rotatable bonds is 8. The first-order chi connectivity index (χ1) is 10.3. The van der Waals surface area contributed by atoms with E-state index in [1.54, 1.807) is 0 Å². The zero-order valence-corrected chi connectivity index (χ0v) is 14.2. The van der Waals surface area contributed by atoms with Crippen LogP contribution in [-0.2, 0) is 0 Å². The van der Waals surface area contributed by atoms with Gasteiger partial charge in [0.1, 0.15) is 0 Å². The van der Waals surface area contributed by atoms with Gasteiger partial charge in [0, 0.05) is 32.2 Å². The first-order valence-electron chi connectivity index (χ1n) is 9.02. The summed E-state index contributed by atoms with van der Waals surface area (Å²) in [6.07, 6.45) is 6.64. The molecule has 0 spiro atoms. The Balaban J connectivity index is 1.72. The van der Waals surface area contributed by atoms with Crippen molar-refractivity contribution in [3.8, 4) is 0 Å². The van der Waals surface area contributed by atoms with E-state index in [-0.39, 0.29) is 0 Å². The Bertz CT molecular complexity index is 321. The smallest absolute Gasteiger partial charge is 0.191 e. The summed E-state index contributed by atoms with van der Waals surface area (Å²) < 4.78 is 0. The minimum absolute atomic E-state index is 0.720. The van der Waals surface area contributed by atoms with E-state index in [9.17, 15) is 0 Å². The van der Waals surface area contributed by atoms with Gasteiger partial charge in [-0.2, -0.15) is 0 Å². The molecule has 1 aliphatic heterocycles. The predicted molar refractivity (Wildman–Crippen MR) is 90.8 cm³/mol. The highest BCUT2D eigenvalue weighted by Gasteiger charge is 2.34. The minimum Gasteiger partial charge on any atom is -0.357 e. The molecule has 0 amide bonds. The summed E-state index contributed by atoms with van der Waals surface area (Å²) in [7, 11) is 0. The summed E-state index contributed by atoms with van der Waals surface area (Å²) in [4.78, 5) is 7.44. The van der Waals surface area contributed by atoms with Crippen molar-refractivity contribution in [2.75, 3.05) is 32.7 Å². The Morgan fingerprint density at radius 2 is 1.90 bits per heavy atom. The summed E-state index contributed by atoms with van der Waals surface area (Å²) in [5.41, 5.74) is 0. The van der Waals surface area contributed by atoms with E-state index in [0.29, 0.717) is 0 Å². The molecule has 1 heterocycles. The molecule has 1 saturated carbocycles. The molecule has 2 N–H and O–H groups in total. The molecule has 1 unspecified atom stereocenters. The number of nitrogens with zero attached hydrogens (tertiary/aromatic N) is 2. The van der Waals surface area contributed by atoms with Gasteiger partial charge in [0.2, 0.25) is 0 Å². The van der Waals surface area contributed by atoms with Crippen LogP contribution in [0.25, 0.3) is 0 Å². The zero-order valence-electron chi connectivity index (χ0n) is 14.2. The van der Waals surface area contributed by atoms with Gasteiger partial charge >= 0.3 is 0 Å². The van der Waals surface area contributed by atoms with E-state index >= 15 is 0 Å². The van der Waals surface area contributed by atoms with E-state index in [1.807, 2.05) is 0 Å². The third-order valence-corrected chi connectivity index (χ3v) is 4.95. The van der Waals surface area contributed by atoms with Crippen LogP contribution < -0.4 is 10.6 Å². The highest BCUT2D eigenvalue weighted by Crippen LogP contribution is 2.31. The average molecular weight is 294 g/mol. The van der Waals surface area contributed by atoms with Gasteiger partial charge in [0.25, 0.3) is 0 Å². The first-order valence-corrected chi connectivity index (χ1v) is 9.02. The van der Waals surface area contributed by atoms with Crippen LogP contribution in [0.3, 0.4) is 0 Å². The Kier molecular flexibility index (Phi) is 6.81. The summed E-state index contributed by atoms with van der Waals surface area (Å²) in [6.45, 7) is 12.2. The number of likely N-dealkylation sites (tertiary alicyclic amines) is 1. The third kappa shape index (κ3) is 5.50. The van der Waals surface area contributed by atoms with Gasteiger partial charge in [-0.05, 0) is 44.6 Å². The molecule has 4 nitrogen and oxygen atoms in total. The number of nitrogens with one attached hydrogen (secondary N) is 2. The summed E-state index contributed by atoms with van der Waals surface area (Å²) >= 11 is 0. The van der Waals surface area contributed by atoms with Crippen molar-refractivity contribution in [3.63, 3.8) is 0 Å². The van der Waals surface area contributed by atoms with Gasteiger partial charge in [0.05, 0.1) is 0 Å².